The second-order valence-corrected chi connectivity index (χ2v) is 26.8. The second kappa shape index (κ2) is 41.5. The number of carbonyl (C=O) groups excluding carboxylic acids is 4. The molecule has 0 radical (unpaired) electrons. The van der Waals surface area contributed by atoms with Crippen molar-refractivity contribution in [3.05, 3.63) is 111 Å². The maximum atomic E-state index is 13.8. The first-order valence-corrected chi connectivity index (χ1v) is 36.0. The van der Waals surface area contributed by atoms with E-state index in [4.69, 9.17) is 18.9 Å². The Balaban J connectivity index is 0.835. The Morgan fingerprint density at radius 3 is 1.79 bits per heavy atom. The number of carboxylic acids is 3. The highest BCUT2D eigenvalue weighted by Crippen LogP contribution is 2.37. The molecule has 4 amide bonds. The van der Waals surface area contributed by atoms with E-state index in [1.54, 1.807) is 56.9 Å². The molecule has 0 saturated carbocycles. The normalized spacial score (nSPS) is 14.6. The molecular formula is C65H94N13O21PS. The van der Waals surface area contributed by atoms with Crippen molar-refractivity contribution in [2.24, 2.45) is 7.05 Å². The lowest BCUT2D eigenvalue weighted by Crippen LogP contribution is -2.52. The summed E-state index contributed by atoms with van der Waals surface area (Å²) in [5, 5.41) is 43.5. The van der Waals surface area contributed by atoms with Gasteiger partial charge in [-0.05, 0) is 98.3 Å². The zero-order valence-corrected chi connectivity index (χ0v) is 58.9. The predicted octanol–water partition coefficient (Wildman–Crippen LogP) is 0.483. The van der Waals surface area contributed by atoms with Gasteiger partial charge in [0.2, 0.25) is 33.2 Å². The molecule has 6 rings (SSSR count). The average Bonchev–Trinajstić information content (AvgIpc) is 0.984. The van der Waals surface area contributed by atoms with Gasteiger partial charge in [-0.25, -0.2) is 18.0 Å². The Labute approximate surface area is 585 Å². The quantitative estimate of drug-likeness (QED) is 0.0187. The number of pyridine rings is 1. The SMILES string of the molecule is CCN1CCN(CC(=O)O)CCN(CC(=O)N[C@H](Cc2ccc(OP(=O)(O)O)cc2)C(=O)NCCCOCCOCCOCCCNC(=O)CCCOc2cc(C)c(S(=O)(=O)N[C@@H](CNC(=O)c3cn(C)c4cc(CNc5ncc[nH]5)ccc4c3=O)C(=O)O)c(C)c2)CCN(CC(=O)O)CC1. The van der Waals surface area contributed by atoms with Crippen LogP contribution in [-0.4, -0.2) is 266 Å². The molecule has 12 N–H and O–H groups in total. The molecule has 0 spiro atoms. The maximum absolute atomic E-state index is 13.8. The molecule has 3 heterocycles. The summed E-state index contributed by atoms with van der Waals surface area (Å²) in [5.41, 5.74) is 1.56. The summed E-state index contributed by atoms with van der Waals surface area (Å²) in [4.78, 5) is 135. The Bertz CT molecular complexity index is 3710. The van der Waals surface area contributed by atoms with Crippen molar-refractivity contribution in [1.82, 2.24) is 60.1 Å². The number of hydrogen-bond donors (Lipinski definition) is 12. The number of aliphatic carboxylic acids is 3. The number of carboxylic acid groups (broad SMARTS) is 3. The summed E-state index contributed by atoms with van der Waals surface area (Å²) in [6.07, 6.45) is 6.03. The number of benzene rings is 3. The molecule has 5 aromatic rings. The van der Waals surface area contributed by atoms with E-state index in [9.17, 15) is 76.4 Å². The monoisotopic (exact) mass is 1460 g/mol. The Morgan fingerprint density at radius 1 is 0.673 bits per heavy atom. The van der Waals surface area contributed by atoms with Gasteiger partial charge in [0.15, 0.2) is 5.95 Å². The minimum atomic E-state index is -4.84. The highest BCUT2D eigenvalue weighted by molar-refractivity contribution is 7.89. The van der Waals surface area contributed by atoms with Crippen molar-refractivity contribution in [2.75, 3.05) is 150 Å². The molecule has 1 fully saturated rings. The smallest absolute Gasteiger partial charge is 0.494 e. The van der Waals surface area contributed by atoms with Crippen LogP contribution in [0.4, 0.5) is 5.95 Å². The summed E-state index contributed by atoms with van der Waals surface area (Å²) in [7, 11) is -7.67. The number of hydrogen-bond acceptors (Lipinski definition) is 22. The van der Waals surface area contributed by atoms with E-state index in [-0.39, 0.29) is 124 Å². The maximum Gasteiger partial charge on any atom is 0.524 e. The standard InChI is InChI=1S/C65H94N13O21PS/c1-5-75-20-22-77(43-58(81)82)26-24-76(25-27-78(23-21-75)44-59(83)84)42-57(80)72-53(37-47-10-13-49(14-11-47)99-100(90,91)92)63(87)67-17-8-29-96-32-34-97-33-31-95-28-7-16-66-56(79)9-6-30-98-50-35-45(2)61(46(3)36-50)101(93,94)73-54(64(88)89)40-70-62(86)52-41-74(4)55-38-48(12-15-51(55)60(52)85)39-71-65-68-18-19-69-65/h10-15,18-19,35-36,38,41,53-54,73H,5-9,16-17,20-34,37,39-40,42-44H2,1-4H3,(H,66,79)(H,67,87)(H,70,86)(H,72,80)(H,81,82)(H,83,84)(H,88,89)(H2,68,69,71)(H2,90,91,92)/t53-,54+/m1/s1. The molecule has 0 unspecified atom stereocenters. The number of likely N-dealkylation sites (N-methyl/N-ethyl adjacent to an activating group) is 1. The van der Waals surface area contributed by atoms with Crippen LogP contribution < -0.4 is 46.0 Å². The number of nitrogens with zero attached hydrogens (tertiary/aromatic N) is 6. The van der Waals surface area contributed by atoms with Gasteiger partial charge >= 0.3 is 25.7 Å². The van der Waals surface area contributed by atoms with Crippen LogP contribution in [0, 0.1) is 13.8 Å². The molecule has 1 aliphatic heterocycles. The van der Waals surface area contributed by atoms with Crippen molar-refractivity contribution in [2.45, 2.75) is 76.4 Å². The number of aryl methyl sites for hydroxylation is 3. The molecule has 3 aromatic carbocycles. The number of H-pyrrole nitrogens is 1. The second-order valence-electron chi connectivity index (χ2n) is 24.0. The molecule has 556 valence electrons. The van der Waals surface area contributed by atoms with Crippen LogP contribution in [0.3, 0.4) is 0 Å². The van der Waals surface area contributed by atoms with Crippen LogP contribution in [0.2, 0.25) is 0 Å². The Hall–Kier alpha value is -8.45. The summed E-state index contributed by atoms with van der Waals surface area (Å²) >= 11 is 0. The topological polar surface area (TPSA) is 454 Å². The van der Waals surface area contributed by atoms with Crippen LogP contribution in [-0.2, 0) is 77.6 Å². The lowest BCUT2D eigenvalue weighted by Gasteiger charge is -2.33. The molecule has 0 aliphatic carbocycles. The fraction of sp³-hybridized carbons (Fsp3) is 0.523. The van der Waals surface area contributed by atoms with Crippen molar-refractivity contribution >= 4 is 76.2 Å². The van der Waals surface area contributed by atoms with E-state index in [1.807, 2.05) is 6.92 Å². The van der Waals surface area contributed by atoms with Gasteiger partial charge < -0.3 is 79.8 Å². The molecule has 2 aromatic heterocycles. The Kier molecular flexibility index (Phi) is 33.5. The molecule has 34 nitrogen and oxygen atoms in total. The van der Waals surface area contributed by atoms with Crippen LogP contribution in [0.15, 0.2) is 82.9 Å². The Morgan fingerprint density at radius 2 is 1.24 bits per heavy atom. The van der Waals surface area contributed by atoms with Crippen molar-refractivity contribution < 1.29 is 95.1 Å². The first kappa shape index (κ1) is 81.5. The number of imidazole rings is 1. The molecule has 0 bridgehead atoms. The van der Waals surface area contributed by atoms with E-state index >= 15 is 0 Å². The summed E-state index contributed by atoms with van der Waals surface area (Å²) in [6.45, 7) is 10.4. The van der Waals surface area contributed by atoms with Gasteiger partial charge in [-0.1, -0.05) is 25.1 Å². The largest absolute Gasteiger partial charge is 0.524 e. The van der Waals surface area contributed by atoms with Gasteiger partial charge in [0.1, 0.15) is 29.1 Å². The number of amides is 4. The number of fused-ring (bicyclic) bond motifs is 1. The van der Waals surface area contributed by atoms with Gasteiger partial charge in [-0.3, -0.25) is 62.8 Å². The third-order valence-corrected chi connectivity index (χ3v) is 18.3. The van der Waals surface area contributed by atoms with E-state index in [0.717, 1.165) is 5.56 Å². The average molecular weight is 1460 g/mol. The highest BCUT2D eigenvalue weighted by atomic mass is 32.2. The zero-order chi connectivity index (χ0) is 73.5. The minimum Gasteiger partial charge on any atom is -0.494 e. The lowest BCUT2D eigenvalue weighted by atomic mass is 10.0. The number of phosphoric ester groups is 1. The number of sulfonamides is 1. The highest BCUT2D eigenvalue weighted by Gasteiger charge is 2.30. The van der Waals surface area contributed by atoms with Crippen LogP contribution in [0.25, 0.3) is 10.9 Å². The zero-order valence-electron chi connectivity index (χ0n) is 57.2. The number of carbonyl (C=O) groups is 7. The van der Waals surface area contributed by atoms with Gasteiger partial charge in [-0.2, -0.15) is 4.72 Å². The van der Waals surface area contributed by atoms with Crippen molar-refractivity contribution in [3.63, 3.8) is 0 Å². The van der Waals surface area contributed by atoms with Crippen LogP contribution in [0.1, 0.15) is 65.2 Å². The number of anilines is 1. The molecule has 36 heteroatoms. The van der Waals surface area contributed by atoms with Crippen molar-refractivity contribution in [3.8, 4) is 11.5 Å². The van der Waals surface area contributed by atoms with Gasteiger partial charge in [0.05, 0.1) is 63.1 Å². The predicted molar refractivity (Wildman–Crippen MR) is 369 cm³/mol. The molecule has 101 heavy (non-hydrogen) atoms. The number of aromatic amines is 1. The minimum absolute atomic E-state index is 0.0103. The number of nitrogens with one attached hydrogen (secondary N) is 7. The third kappa shape index (κ3) is 29.2. The van der Waals surface area contributed by atoms with E-state index in [1.165, 1.54) is 56.4 Å². The number of rotatable bonds is 42. The summed E-state index contributed by atoms with van der Waals surface area (Å²) < 4.78 is 69.9. The van der Waals surface area contributed by atoms with E-state index in [0.29, 0.717) is 114 Å². The fourth-order valence-electron chi connectivity index (χ4n) is 10.9. The van der Waals surface area contributed by atoms with E-state index < -0.39 is 77.5 Å². The summed E-state index contributed by atoms with van der Waals surface area (Å²) in [5.74, 6) is -4.90. The number of ether oxygens (including phenoxy) is 4. The molecule has 1 aliphatic rings. The summed E-state index contributed by atoms with van der Waals surface area (Å²) in [6, 6.07) is 10.8. The number of aromatic nitrogens is 3. The third-order valence-electron chi connectivity index (χ3n) is 16.0. The van der Waals surface area contributed by atoms with Gasteiger partial charge in [0, 0.05) is 136 Å². The van der Waals surface area contributed by atoms with Crippen LogP contribution in [0.5, 0.6) is 11.5 Å². The van der Waals surface area contributed by atoms with E-state index in [2.05, 4.69) is 50.7 Å². The lowest BCUT2D eigenvalue weighted by molar-refractivity contribution is -0.139. The first-order chi connectivity index (χ1) is 48.2. The van der Waals surface area contributed by atoms with Gasteiger partial charge in [-0.15, -0.1) is 0 Å². The molecule has 1 saturated heterocycles. The number of phosphoric acid groups is 1. The first-order valence-electron chi connectivity index (χ1n) is 33.0. The van der Waals surface area contributed by atoms with Gasteiger partial charge in [0.25, 0.3) is 5.91 Å². The molecule has 2 atom stereocenters. The molecular weight excluding hydrogens is 1360 g/mol. The van der Waals surface area contributed by atoms with Crippen molar-refractivity contribution in [1.29, 1.82) is 0 Å². The van der Waals surface area contributed by atoms with Crippen LogP contribution >= 0.6 is 7.82 Å². The fourth-order valence-corrected chi connectivity index (χ4v) is 12.9.